The van der Waals surface area contributed by atoms with Gasteiger partial charge in [0.1, 0.15) is 10.00 Å². The average Bonchev–Trinajstić information content (AvgIpc) is 2.87. The summed E-state index contributed by atoms with van der Waals surface area (Å²) < 4.78 is 0. The smallest absolute Gasteiger partial charge is 0.116 e. The van der Waals surface area contributed by atoms with Gasteiger partial charge in [-0.3, -0.25) is 0 Å². The Morgan fingerprint density at radius 2 is 2.27 bits per heavy atom. The fourth-order valence-corrected chi connectivity index (χ4v) is 2.88. The molecule has 0 spiro atoms. The van der Waals surface area contributed by atoms with E-state index in [1.54, 1.807) is 11.3 Å². The third-order valence-electron chi connectivity index (χ3n) is 2.34. The maximum Gasteiger partial charge on any atom is 0.116 e. The Labute approximate surface area is 99.3 Å². The lowest BCUT2D eigenvalue weighted by Gasteiger charge is -2.04. The average molecular weight is 241 g/mol. The first-order valence-corrected chi connectivity index (χ1v) is 6.24. The zero-order valence-corrected chi connectivity index (χ0v) is 10.6. The van der Waals surface area contributed by atoms with Gasteiger partial charge in [-0.15, -0.1) is 11.3 Å². The van der Waals surface area contributed by atoms with Crippen LogP contribution >= 0.6 is 23.6 Å². The molecule has 0 saturated heterocycles. The SMILES string of the molecule is CN(C)Cc1nc(C2CC2)c(C(N)=S)s1. The molecule has 1 fully saturated rings. The van der Waals surface area contributed by atoms with Gasteiger partial charge in [-0.05, 0) is 26.9 Å². The lowest BCUT2D eigenvalue weighted by atomic mass is 10.2. The highest BCUT2D eigenvalue weighted by molar-refractivity contribution is 7.81. The molecular weight excluding hydrogens is 226 g/mol. The molecule has 0 unspecified atom stereocenters. The van der Waals surface area contributed by atoms with Gasteiger partial charge in [-0.2, -0.15) is 0 Å². The van der Waals surface area contributed by atoms with Crippen molar-refractivity contribution in [2.75, 3.05) is 14.1 Å². The highest BCUT2D eigenvalue weighted by Gasteiger charge is 2.30. The topological polar surface area (TPSA) is 42.2 Å². The van der Waals surface area contributed by atoms with Crippen molar-refractivity contribution in [1.29, 1.82) is 0 Å². The molecule has 0 aliphatic heterocycles. The molecule has 5 heteroatoms. The molecule has 82 valence electrons. The summed E-state index contributed by atoms with van der Waals surface area (Å²) in [5.74, 6) is 0.619. The van der Waals surface area contributed by atoms with Gasteiger partial charge in [0.25, 0.3) is 0 Å². The highest BCUT2D eigenvalue weighted by Crippen LogP contribution is 2.42. The number of hydrogen-bond acceptors (Lipinski definition) is 4. The van der Waals surface area contributed by atoms with Gasteiger partial charge in [0, 0.05) is 12.5 Å². The quantitative estimate of drug-likeness (QED) is 0.815. The van der Waals surface area contributed by atoms with Crippen molar-refractivity contribution in [2.24, 2.45) is 5.73 Å². The van der Waals surface area contributed by atoms with E-state index in [2.05, 4.69) is 9.88 Å². The van der Waals surface area contributed by atoms with Gasteiger partial charge in [0.05, 0.1) is 10.6 Å². The van der Waals surface area contributed by atoms with Gasteiger partial charge in [-0.1, -0.05) is 12.2 Å². The fraction of sp³-hybridized carbons (Fsp3) is 0.600. The summed E-state index contributed by atoms with van der Waals surface area (Å²) in [6.45, 7) is 0.868. The van der Waals surface area contributed by atoms with Crippen molar-refractivity contribution in [1.82, 2.24) is 9.88 Å². The normalized spacial score (nSPS) is 15.9. The summed E-state index contributed by atoms with van der Waals surface area (Å²) >= 11 is 6.70. The predicted molar refractivity (Wildman–Crippen MR) is 67.4 cm³/mol. The number of thiocarbonyl (C=S) groups is 1. The minimum atomic E-state index is 0.499. The maximum atomic E-state index is 5.71. The number of rotatable bonds is 4. The molecule has 0 amide bonds. The molecule has 0 bridgehead atoms. The van der Waals surface area contributed by atoms with Crippen LogP contribution in [0.1, 0.15) is 34.3 Å². The van der Waals surface area contributed by atoms with Crippen molar-refractivity contribution in [2.45, 2.75) is 25.3 Å². The molecule has 1 aromatic rings. The molecular formula is C10H15N3S2. The van der Waals surface area contributed by atoms with Crippen LogP contribution in [-0.2, 0) is 6.54 Å². The molecule has 0 atom stereocenters. The van der Waals surface area contributed by atoms with Crippen molar-refractivity contribution in [3.05, 3.63) is 15.6 Å². The first kappa shape index (κ1) is 11.0. The number of nitrogens with zero attached hydrogens (tertiary/aromatic N) is 2. The molecule has 1 aliphatic rings. The van der Waals surface area contributed by atoms with Crippen LogP contribution in [-0.4, -0.2) is 29.0 Å². The molecule has 0 aromatic carbocycles. The van der Waals surface area contributed by atoms with Gasteiger partial charge < -0.3 is 10.6 Å². The monoisotopic (exact) mass is 241 g/mol. The van der Waals surface area contributed by atoms with E-state index in [1.165, 1.54) is 12.8 Å². The van der Waals surface area contributed by atoms with E-state index in [9.17, 15) is 0 Å². The number of nitrogens with two attached hydrogens (primary N) is 1. The number of hydrogen-bond donors (Lipinski definition) is 1. The minimum Gasteiger partial charge on any atom is -0.389 e. The third kappa shape index (κ3) is 2.53. The molecule has 2 rings (SSSR count). The Morgan fingerprint density at radius 1 is 1.60 bits per heavy atom. The lowest BCUT2D eigenvalue weighted by Crippen LogP contribution is -2.10. The zero-order valence-electron chi connectivity index (χ0n) is 8.99. The molecule has 1 saturated carbocycles. The van der Waals surface area contributed by atoms with Crippen LogP contribution in [0.3, 0.4) is 0 Å². The van der Waals surface area contributed by atoms with E-state index in [0.29, 0.717) is 10.9 Å². The van der Waals surface area contributed by atoms with Crippen LogP contribution < -0.4 is 5.73 Å². The zero-order chi connectivity index (χ0) is 11.0. The van der Waals surface area contributed by atoms with E-state index in [1.807, 2.05) is 14.1 Å². The summed E-state index contributed by atoms with van der Waals surface area (Å²) in [5, 5.41) is 1.12. The number of thiazole rings is 1. The first-order valence-electron chi connectivity index (χ1n) is 5.02. The second-order valence-corrected chi connectivity index (χ2v) is 5.72. The van der Waals surface area contributed by atoms with Crippen molar-refractivity contribution < 1.29 is 0 Å². The van der Waals surface area contributed by atoms with E-state index in [0.717, 1.165) is 22.1 Å². The Bertz CT molecular complexity index is 380. The van der Waals surface area contributed by atoms with Crippen molar-refractivity contribution in [3.8, 4) is 0 Å². The van der Waals surface area contributed by atoms with E-state index in [-0.39, 0.29) is 0 Å². The largest absolute Gasteiger partial charge is 0.389 e. The second kappa shape index (κ2) is 4.15. The third-order valence-corrected chi connectivity index (χ3v) is 3.76. The van der Waals surface area contributed by atoms with Gasteiger partial charge in [0.15, 0.2) is 0 Å². The van der Waals surface area contributed by atoms with E-state index in [4.69, 9.17) is 18.0 Å². The van der Waals surface area contributed by atoms with Crippen molar-refractivity contribution in [3.63, 3.8) is 0 Å². The van der Waals surface area contributed by atoms with Crippen LogP contribution in [0.25, 0.3) is 0 Å². The van der Waals surface area contributed by atoms with Crippen LogP contribution in [0.4, 0.5) is 0 Å². The predicted octanol–water partition coefficient (Wildman–Crippen LogP) is 1.72. The summed E-state index contributed by atoms with van der Waals surface area (Å²) in [5.41, 5.74) is 6.86. The van der Waals surface area contributed by atoms with Crippen LogP contribution in [0, 0.1) is 0 Å². The van der Waals surface area contributed by atoms with E-state index >= 15 is 0 Å². The molecule has 0 radical (unpaired) electrons. The Balaban J connectivity index is 2.27. The van der Waals surface area contributed by atoms with Gasteiger partial charge in [0.2, 0.25) is 0 Å². The summed E-state index contributed by atoms with van der Waals surface area (Å²) in [7, 11) is 4.08. The van der Waals surface area contributed by atoms with Gasteiger partial charge in [-0.25, -0.2) is 4.98 Å². The molecule has 1 aliphatic carbocycles. The number of aromatic nitrogens is 1. The van der Waals surface area contributed by atoms with Crippen LogP contribution in [0.5, 0.6) is 0 Å². The summed E-state index contributed by atoms with van der Waals surface area (Å²) in [4.78, 5) is 8.28. The fourth-order valence-electron chi connectivity index (χ4n) is 1.53. The molecule has 3 nitrogen and oxygen atoms in total. The minimum absolute atomic E-state index is 0.499. The van der Waals surface area contributed by atoms with E-state index < -0.39 is 0 Å². The standard InChI is InChI=1S/C10H15N3S2/c1-13(2)5-7-12-8(6-3-4-6)9(15-7)10(11)14/h6H,3-5H2,1-2H3,(H2,11,14). The molecule has 15 heavy (non-hydrogen) atoms. The van der Waals surface area contributed by atoms with Crippen LogP contribution in [0.15, 0.2) is 0 Å². The molecule has 1 aromatic heterocycles. The van der Waals surface area contributed by atoms with Gasteiger partial charge >= 0.3 is 0 Å². The summed E-state index contributed by atoms with van der Waals surface area (Å²) in [6.07, 6.45) is 2.47. The highest BCUT2D eigenvalue weighted by atomic mass is 32.1. The first-order chi connectivity index (χ1) is 7.08. The molecule has 1 heterocycles. The lowest BCUT2D eigenvalue weighted by molar-refractivity contribution is 0.401. The Kier molecular flexibility index (Phi) is 3.04. The second-order valence-electron chi connectivity index (χ2n) is 4.20. The maximum absolute atomic E-state index is 5.71. The molecule has 2 N–H and O–H groups in total. The summed E-state index contributed by atoms with van der Waals surface area (Å²) in [6, 6.07) is 0. The Morgan fingerprint density at radius 3 is 2.73 bits per heavy atom. The van der Waals surface area contributed by atoms with Crippen molar-refractivity contribution >= 4 is 28.5 Å². The Hall–Kier alpha value is -0.520. The van der Waals surface area contributed by atoms with Crippen LogP contribution in [0.2, 0.25) is 0 Å².